The van der Waals surface area contributed by atoms with Crippen molar-refractivity contribution < 1.29 is 14.2 Å². The fourth-order valence-corrected chi connectivity index (χ4v) is 2.32. The topological polar surface area (TPSA) is 39.7 Å². The van der Waals surface area contributed by atoms with Crippen molar-refractivity contribution >= 4 is 15.9 Å². The molecule has 1 N–H and O–H groups in total. The van der Waals surface area contributed by atoms with E-state index in [-0.39, 0.29) is 0 Å². The predicted molar refractivity (Wildman–Crippen MR) is 83.9 cm³/mol. The van der Waals surface area contributed by atoms with Gasteiger partial charge < -0.3 is 19.5 Å². The zero-order chi connectivity index (χ0) is 14.5. The molecule has 4 nitrogen and oxygen atoms in total. The maximum absolute atomic E-state index is 5.64. The van der Waals surface area contributed by atoms with Crippen LogP contribution in [0.25, 0.3) is 0 Å². The van der Waals surface area contributed by atoms with Crippen LogP contribution in [-0.4, -0.2) is 19.9 Å². The maximum atomic E-state index is 5.64. The summed E-state index contributed by atoms with van der Waals surface area (Å²) in [7, 11) is 0. The molecule has 0 aromatic heterocycles. The lowest BCUT2D eigenvalue weighted by Crippen LogP contribution is -2.20. The van der Waals surface area contributed by atoms with E-state index in [0.29, 0.717) is 13.4 Å². The largest absolute Gasteiger partial charge is 0.492 e. The average Bonchev–Trinajstić information content (AvgIpc) is 2.96. The number of fused-ring (bicyclic) bond motifs is 1. The van der Waals surface area contributed by atoms with Crippen molar-refractivity contribution in [2.75, 3.05) is 19.9 Å². The van der Waals surface area contributed by atoms with Crippen molar-refractivity contribution in [3.05, 3.63) is 52.5 Å². The van der Waals surface area contributed by atoms with E-state index in [2.05, 4.69) is 21.2 Å². The minimum absolute atomic E-state index is 0.313. The quantitative estimate of drug-likeness (QED) is 0.812. The molecule has 1 heterocycles. The third kappa shape index (κ3) is 3.89. The Hall–Kier alpha value is -1.72. The van der Waals surface area contributed by atoms with Crippen molar-refractivity contribution in [3.63, 3.8) is 0 Å². The van der Waals surface area contributed by atoms with E-state index in [9.17, 15) is 0 Å². The first-order valence-corrected chi connectivity index (χ1v) is 7.58. The Kier molecular flexibility index (Phi) is 4.62. The summed E-state index contributed by atoms with van der Waals surface area (Å²) in [6.07, 6.45) is 0. The average molecular weight is 350 g/mol. The fourth-order valence-electron chi connectivity index (χ4n) is 2.06. The second kappa shape index (κ2) is 6.83. The number of hydrogen-bond acceptors (Lipinski definition) is 4. The Morgan fingerprint density at radius 2 is 1.86 bits per heavy atom. The molecule has 2 aromatic rings. The van der Waals surface area contributed by atoms with Gasteiger partial charge in [-0.05, 0) is 42.0 Å². The number of hydrogen-bond donors (Lipinski definition) is 1. The molecule has 0 amide bonds. The summed E-state index contributed by atoms with van der Waals surface area (Å²) in [5.74, 6) is 2.51. The van der Waals surface area contributed by atoms with Crippen molar-refractivity contribution in [1.29, 1.82) is 0 Å². The molecule has 0 radical (unpaired) electrons. The van der Waals surface area contributed by atoms with E-state index in [1.807, 2.05) is 42.5 Å². The van der Waals surface area contributed by atoms with E-state index in [4.69, 9.17) is 14.2 Å². The third-order valence-electron chi connectivity index (χ3n) is 3.13. The number of benzene rings is 2. The lowest BCUT2D eigenvalue weighted by atomic mass is 10.2. The van der Waals surface area contributed by atoms with Gasteiger partial charge in [0.05, 0.1) is 0 Å². The van der Waals surface area contributed by atoms with Gasteiger partial charge in [0.1, 0.15) is 12.4 Å². The van der Waals surface area contributed by atoms with E-state index < -0.39 is 0 Å². The van der Waals surface area contributed by atoms with Crippen molar-refractivity contribution in [2.24, 2.45) is 0 Å². The number of rotatable bonds is 6. The molecular weight excluding hydrogens is 334 g/mol. The van der Waals surface area contributed by atoms with E-state index in [1.54, 1.807) is 0 Å². The van der Waals surface area contributed by atoms with Crippen molar-refractivity contribution in [3.8, 4) is 17.2 Å². The van der Waals surface area contributed by atoms with Gasteiger partial charge in [-0.25, -0.2) is 0 Å². The van der Waals surface area contributed by atoms with Gasteiger partial charge in [0.15, 0.2) is 11.5 Å². The van der Waals surface area contributed by atoms with Crippen molar-refractivity contribution in [2.45, 2.75) is 6.54 Å². The second-order valence-electron chi connectivity index (χ2n) is 4.67. The normalized spacial score (nSPS) is 12.4. The molecular formula is C16H16BrNO3. The van der Waals surface area contributed by atoms with Crippen LogP contribution in [0.2, 0.25) is 0 Å². The first-order chi connectivity index (χ1) is 10.3. The van der Waals surface area contributed by atoms with E-state index in [1.165, 1.54) is 5.56 Å². The monoisotopic (exact) mass is 349 g/mol. The summed E-state index contributed by atoms with van der Waals surface area (Å²) in [6.45, 7) is 2.50. The third-order valence-corrected chi connectivity index (χ3v) is 3.66. The lowest BCUT2D eigenvalue weighted by molar-refractivity contribution is 0.174. The molecule has 0 saturated carbocycles. The molecule has 3 rings (SSSR count). The molecule has 1 aliphatic heterocycles. The SMILES string of the molecule is Brc1ccc(OCCNCc2ccc3c(c2)OCO3)cc1. The van der Waals surface area contributed by atoms with Gasteiger partial charge >= 0.3 is 0 Å². The molecule has 2 aromatic carbocycles. The zero-order valence-electron chi connectivity index (χ0n) is 11.5. The summed E-state index contributed by atoms with van der Waals surface area (Å²) in [5, 5.41) is 3.34. The van der Waals surface area contributed by atoms with E-state index in [0.717, 1.165) is 34.8 Å². The molecule has 0 saturated heterocycles. The fraction of sp³-hybridized carbons (Fsp3) is 0.250. The minimum atomic E-state index is 0.313. The van der Waals surface area contributed by atoms with Gasteiger partial charge in [-0.2, -0.15) is 0 Å². The summed E-state index contributed by atoms with van der Waals surface area (Å²) in [5.41, 5.74) is 1.17. The van der Waals surface area contributed by atoms with Gasteiger partial charge in [0.25, 0.3) is 0 Å². The number of ether oxygens (including phenoxy) is 3. The summed E-state index contributed by atoms with van der Waals surface area (Å²) < 4.78 is 17.3. The van der Waals surface area contributed by atoms with Crippen LogP contribution in [0.15, 0.2) is 46.9 Å². The number of halogens is 1. The zero-order valence-corrected chi connectivity index (χ0v) is 13.1. The highest BCUT2D eigenvalue weighted by Crippen LogP contribution is 2.32. The Morgan fingerprint density at radius 1 is 1.05 bits per heavy atom. The highest BCUT2D eigenvalue weighted by molar-refractivity contribution is 9.10. The first-order valence-electron chi connectivity index (χ1n) is 6.79. The lowest BCUT2D eigenvalue weighted by Gasteiger charge is -2.08. The van der Waals surface area contributed by atoms with Gasteiger partial charge in [-0.1, -0.05) is 22.0 Å². The molecule has 0 fully saturated rings. The smallest absolute Gasteiger partial charge is 0.231 e. The highest BCUT2D eigenvalue weighted by Gasteiger charge is 2.12. The molecule has 0 aliphatic carbocycles. The van der Waals surface area contributed by atoms with Crippen LogP contribution in [0.1, 0.15) is 5.56 Å². The Morgan fingerprint density at radius 3 is 2.71 bits per heavy atom. The molecule has 110 valence electrons. The summed E-state index contributed by atoms with van der Waals surface area (Å²) in [4.78, 5) is 0. The Bertz CT molecular complexity index is 601. The van der Waals surface area contributed by atoms with Crippen LogP contribution in [0.3, 0.4) is 0 Å². The standard InChI is InChI=1S/C16H16BrNO3/c17-13-2-4-14(5-3-13)19-8-7-18-10-12-1-6-15-16(9-12)21-11-20-15/h1-6,9,18H,7-8,10-11H2. The maximum Gasteiger partial charge on any atom is 0.231 e. The highest BCUT2D eigenvalue weighted by atomic mass is 79.9. The van der Waals surface area contributed by atoms with Crippen LogP contribution in [0.5, 0.6) is 17.2 Å². The second-order valence-corrected chi connectivity index (χ2v) is 5.58. The van der Waals surface area contributed by atoms with Crippen LogP contribution < -0.4 is 19.5 Å². The summed E-state index contributed by atoms with van der Waals surface area (Å²) >= 11 is 3.40. The van der Waals surface area contributed by atoms with Crippen LogP contribution in [0.4, 0.5) is 0 Å². The van der Waals surface area contributed by atoms with Crippen LogP contribution in [-0.2, 0) is 6.54 Å². The molecule has 0 atom stereocenters. The minimum Gasteiger partial charge on any atom is -0.492 e. The van der Waals surface area contributed by atoms with Gasteiger partial charge in [-0.15, -0.1) is 0 Å². The van der Waals surface area contributed by atoms with Crippen LogP contribution >= 0.6 is 15.9 Å². The van der Waals surface area contributed by atoms with Crippen LogP contribution in [0, 0.1) is 0 Å². The molecule has 5 heteroatoms. The van der Waals surface area contributed by atoms with E-state index >= 15 is 0 Å². The Balaban J connectivity index is 1.39. The predicted octanol–water partition coefficient (Wildman–Crippen LogP) is 3.35. The summed E-state index contributed by atoms with van der Waals surface area (Å²) in [6, 6.07) is 13.8. The molecule has 21 heavy (non-hydrogen) atoms. The molecule has 0 bridgehead atoms. The first kappa shape index (κ1) is 14.2. The number of nitrogens with one attached hydrogen (secondary N) is 1. The molecule has 0 spiro atoms. The molecule has 0 unspecified atom stereocenters. The molecule has 1 aliphatic rings. The Labute approximate surface area is 132 Å². The van der Waals surface area contributed by atoms with Gasteiger partial charge in [0, 0.05) is 17.6 Å². The van der Waals surface area contributed by atoms with Crippen molar-refractivity contribution in [1.82, 2.24) is 5.32 Å². The van der Waals surface area contributed by atoms with Gasteiger partial charge in [0.2, 0.25) is 6.79 Å². The van der Waals surface area contributed by atoms with Gasteiger partial charge in [-0.3, -0.25) is 0 Å².